The number of nitrogens with one attached hydrogen (secondary N) is 1. The van der Waals surface area contributed by atoms with Crippen molar-refractivity contribution >= 4 is 34.8 Å². The first kappa shape index (κ1) is 20.2. The van der Waals surface area contributed by atoms with E-state index >= 15 is 0 Å². The van der Waals surface area contributed by atoms with E-state index in [1.807, 2.05) is 72.8 Å². The lowest BCUT2D eigenvalue weighted by atomic mass is 9.97. The van der Waals surface area contributed by atoms with Crippen LogP contribution >= 0.6 is 11.6 Å². The van der Waals surface area contributed by atoms with Crippen molar-refractivity contribution in [3.05, 3.63) is 95.5 Å². The minimum Gasteiger partial charge on any atom is -0.306 e. The second-order valence-corrected chi connectivity index (χ2v) is 7.89. The third kappa shape index (κ3) is 4.71. The second kappa shape index (κ2) is 9.14. The summed E-state index contributed by atoms with van der Waals surface area (Å²) in [5.41, 5.74) is 2.18. The van der Waals surface area contributed by atoms with Crippen LogP contribution in [-0.4, -0.2) is 11.8 Å². The molecular formula is C25H23ClN2O2. The van der Waals surface area contributed by atoms with E-state index in [4.69, 9.17) is 11.6 Å². The van der Waals surface area contributed by atoms with Gasteiger partial charge in [-0.15, -0.1) is 0 Å². The fourth-order valence-corrected chi connectivity index (χ4v) is 3.74. The Bertz CT molecular complexity index is 1020. The number of halogens is 1. The highest BCUT2D eigenvalue weighted by molar-refractivity contribution is 6.33. The Labute approximate surface area is 181 Å². The number of rotatable bonds is 7. The highest BCUT2D eigenvalue weighted by Gasteiger charge is 2.35. The van der Waals surface area contributed by atoms with Crippen LogP contribution in [-0.2, 0) is 4.79 Å². The predicted octanol–water partition coefficient (Wildman–Crippen LogP) is 6.49. The van der Waals surface area contributed by atoms with E-state index in [1.165, 1.54) is 0 Å². The Morgan fingerprint density at radius 3 is 2.13 bits per heavy atom. The molecule has 1 aliphatic carbocycles. The maximum absolute atomic E-state index is 13.5. The minimum absolute atomic E-state index is 0.125. The summed E-state index contributed by atoms with van der Waals surface area (Å²) in [4.78, 5) is 27.9. The molecule has 0 bridgehead atoms. The number of anilines is 2. The van der Waals surface area contributed by atoms with E-state index in [0.29, 0.717) is 10.7 Å². The summed E-state index contributed by atoms with van der Waals surface area (Å²) in [6.07, 6.45) is 2.16. The quantitative estimate of drug-likeness (QED) is 0.476. The SMILES string of the molecule is O=C(C[C@@H](c1ccccc1)N(C(=O)Nc1ccccc1Cl)c1ccccc1)C1CC1. The van der Waals surface area contributed by atoms with E-state index < -0.39 is 6.04 Å². The molecule has 0 spiro atoms. The van der Waals surface area contributed by atoms with Gasteiger partial charge >= 0.3 is 6.03 Å². The maximum Gasteiger partial charge on any atom is 0.326 e. The Hall–Kier alpha value is -3.11. The highest BCUT2D eigenvalue weighted by Crippen LogP contribution is 2.37. The summed E-state index contributed by atoms with van der Waals surface area (Å²) in [5.74, 6) is 0.329. The molecule has 0 aliphatic heterocycles. The summed E-state index contributed by atoms with van der Waals surface area (Å²) in [6.45, 7) is 0. The number of hydrogen-bond donors (Lipinski definition) is 1. The summed E-state index contributed by atoms with van der Waals surface area (Å²) in [7, 11) is 0. The average Bonchev–Trinajstić information content (AvgIpc) is 3.62. The Morgan fingerprint density at radius 1 is 0.900 bits per heavy atom. The fraction of sp³-hybridized carbons (Fsp3) is 0.200. The number of nitrogens with zero attached hydrogens (tertiary/aromatic N) is 1. The molecule has 4 rings (SSSR count). The van der Waals surface area contributed by atoms with Crippen LogP contribution in [0.2, 0.25) is 5.02 Å². The minimum atomic E-state index is -0.413. The van der Waals surface area contributed by atoms with E-state index in [1.54, 1.807) is 17.0 Å². The van der Waals surface area contributed by atoms with Gasteiger partial charge in [0.15, 0.2) is 0 Å². The largest absolute Gasteiger partial charge is 0.326 e. The van der Waals surface area contributed by atoms with Crippen LogP contribution in [0.1, 0.15) is 30.9 Å². The lowest BCUT2D eigenvalue weighted by molar-refractivity contribution is -0.120. The number of ketones is 1. The Morgan fingerprint density at radius 2 is 1.50 bits per heavy atom. The van der Waals surface area contributed by atoms with Gasteiger partial charge < -0.3 is 5.32 Å². The molecule has 3 aromatic rings. The number of Topliss-reactive ketones (excluding diaryl/α,β-unsaturated/α-hetero) is 1. The van der Waals surface area contributed by atoms with Crippen LogP contribution in [0.25, 0.3) is 0 Å². The van der Waals surface area contributed by atoms with Gasteiger partial charge in [-0.3, -0.25) is 9.69 Å². The number of carbonyl (C=O) groups is 2. The zero-order valence-corrected chi connectivity index (χ0v) is 17.3. The first-order valence-electron chi connectivity index (χ1n) is 10.1. The zero-order chi connectivity index (χ0) is 20.9. The third-order valence-electron chi connectivity index (χ3n) is 5.29. The van der Waals surface area contributed by atoms with Gasteiger partial charge in [-0.25, -0.2) is 4.79 Å². The summed E-state index contributed by atoms with van der Waals surface area (Å²) < 4.78 is 0. The molecule has 0 heterocycles. The van der Waals surface area contributed by atoms with Crippen molar-refractivity contribution < 1.29 is 9.59 Å². The smallest absolute Gasteiger partial charge is 0.306 e. The van der Waals surface area contributed by atoms with Crippen molar-refractivity contribution in [2.75, 3.05) is 10.2 Å². The molecule has 4 nitrogen and oxygen atoms in total. The molecule has 1 saturated carbocycles. The van der Waals surface area contributed by atoms with Crippen LogP contribution in [0, 0.1) is 5.92 Å². The average molecular weight is 419 g/mol. The summed E-state index contributed by atoms with van der Waals surface area (Å²) >= 11 is 6.26. The molecule has 0 aromatic heterocycles. The van der Waals surface area contributed by atoms with Crippen LogP contribution < -0.4 is 10.2 Å². The van der Waals surface area contributed by atoms with Gasteiger partial charge in [-0.05, 0) is 42.7 Å². The molecule has 1 N–H and O–H groups in total. The molecule has 2 amide bonds. The Balaban J connectivity index is 1.72. The lowest BCUT2D eigenvalue weighted by Gasteiger charge is -2.32. The molecule has 3 aromatic carbocycles. The van der Waals surface area contributed by atoms with Gasteiger partial charge in [-0.2, -0.15) is 0 Å². The molecule has 30 heavy (non-hydrogen) atoms. The van der Waals surface area contributed by atoms with Gasteiger partial charge in [0.2, 0.25) is 0 Å². The topological polar surface area (TPSA) is 49.4 Å². The third-order valence-corrected chi connectivity index (χ3v) is 5.62. The van der Waals surface area contributed by atoms with E-state index in [-0.39, 0.29) is 24.2 Å². The van der Waals surface area contributed by atoms with Crippen LogP contribution in [0.3, 0.4) is 0 Å². The predicted molar refractivity (Wildman–Crippen MR) is 121 cm³/mol. The van der Waals surface area contributed by atoms with E-state index in [0.717, 1.165) is 24.1 Å². The van der Waals surface area contributed by atoms with Gasteiger partial charge in [0, 0.05) is 18.0 Å². The van der Waals surface area contributed by atoms with Gasteiger partial charge in [0.05, 0.1) is 16.8 Å². The number of urea groups is 1. The summed E-state index contributed by atoms with van der Waals surface area (Å²) in [6, 6.07) is 25.5. The van der Waals surface area contributed by atoms with E-state index in [2.05, 4.69) is 5.32 Å². The molecule has 0 saturated heterocycles. The van der Waals surface area contributed by atoms with Crippen LogP contribution in [0.4, 0.5) is 16.2 Å². The van der Waals surface area contributed by atoms with Crippen molar-refractivity contribution in [1.82, 2.24) is 0 Å². The van der Waals surface area contributed by atoms with Crippen molar-refractivity contribution in [2.45, 2.75) is 25.3 Å². The maximum atomic E-state index is 13.5. The Kier molecular flexibility index (Phi) is 6.15. The van der Waals surface area contributed by atoms with Gasteiger partial charge in [0.25, 0.3) is 0 Å². The number of para-hydroxylation sites is 2. The normalized spacial score (nSPS) is 14.0. The number of hydrogen-bond acceptors (Lipinski definition) is 2. The molecule has 0 unspecified atom stereocenters. The summed E-state index contributed by atoms with van der Waals surface area (Å²) in [5, 5.41) is 3.38. The van der Waals surface area contributed by atoms with Crippen molar-refractivity contribution in [3.63, 3.8) is 0 Å². The van der Waals surface area contributed by atoms with Crippen molar-refractivity contribution in [1.29, 1.82) is 0 Å². The fourth-order valence-electron chi connectivity index (χ4n) is 3.56. The molecule has 1 fully saturated rings. The van der Waals surface area contributed by atoms with Crippen LogP contribution in [0.5, 0.6) is 0 Å². The highest BCUT2D eigenvalue weighted by atomic mass is 35.5. The standard InChI is InChI=1S/C25H23ClN2O2/c26-21-13-7-8-14-22(21)27-25(30)28(20-11-5-2-6-12-20)23(17-24(29)19-15-16-19)18-9-3-1-4-10-18/h1-14,19,23H,15-17H2,(H,27,30)/t23-/m0/s1. The molecule has 152 valence electrons. The number of amides is 2. The molecule has 0 radical (unpaired) electrons. The first-order valence-corrected chi connectivity index (χ1v) is 10.5. The second-order valence-electron chi connectivity index (χ2n) is 7.49. The van der Waals surface area contributed by atoms with E-state index in [9.17, 15) is 9.59 Å². The number of carbonyl (C=O) groups excluding carboxylic acids is 2. The molecule has 1 atom stereocenters. The van der Waals surface area contributed by atoms with Gasteiger partial charge in [-0.1, -0.05) is 72.3 Å². The van der Waals surface area contributed by atoms with Crippen LogP contribution in [0.15, 0.2) is 84.9 Å². The van der Waals surface area contributed by atoms with Crippen molar-refractivity contribution in [3.8, 4) is 0 Å². The zero-order valence-electron chi connectivity index (χ0n) is 16.5. The monoisotopic (exact) mass is 418 g/mol. The molecular weight excluding hydrogens is 396 g/mol. The first-order chi connectivity index (χ1) is 14.6. The molecule has 1 aliphatic rings. The number of benzene rings is 3. The molecule has 5 heteroatoms. The lowest BCUT2D eigenvalue weighted by Crippen LogP contribution is -2.39. The van der Waals surface area contributed by atoms with Gasteiger partial charge in [0.1, 0.15) is 5.78 Å². The van der Waals surface area contributed by atoms with Crippen molar-refractivity contribution in [2.24, 2.45) is 5.92 Å².